The highest BCUT2D eigenvalue weighted by molar-refractivity contribution is 6.16. The molecule has 3 nitrogen and oxygen atoms in total. The number of hydrogen-bond acceptors (Lipinski definition) is 3. The zero-order valence-corrected chi connectivity index (χ0v) is 13.7. The van der Waals surface area contributed by atoms with Gasteiger partial charge in [0, 0.05) is 10.9 Å². The second-order valence-electron chi connectivity index (χ2n) is 5.73. The SMILES string of the molecule is CCCOc1ccc(C(=O)c2c(C)oc3ccc(C)cc23)cc1. The molecule has 3 heteroatoms. The lowest BCUT2D eigenvalue weighted by Crippen LogP contribution is -2.02. The summed E-state index contributed by atoms with van der Waals surface area (Å²) in [6.07, 6.45) is 0.959. The molecule has 3 aromatic rings. The maximum atomic E-state index is 12.9. The second-order valence-corrected chi connectivity index (χ2v) is 5.73. The predicted octanol–water partition coefficient (Wildman–Crippen LogP) is 5.07. The molecule has 0 saturated carbocycles. The first-order valence-electron chi connectivity index (χ1n) is 7.87. The van der Waals surface area contributed by atoms with Gasteiger partial charge in [0.25, 0.3) is 0 Å². The molecule has 0 atom stereocenters. The van der Waals surface area contributed by atoms with Gasteiger partial charge >= 0.3 is 0 Å². The Morgan fingerprint density at radius 2 is 1.83 bits per heavy atom. The van der Waals surface area contributed by atoms with Crippen molar-refractivity contribution >= 4 is 16.8 Å². The number of carbonyl (C=O) groups excluding carboxylic acids is 1. The lowest BCUT2D eigenvalue weighted by Gasteiger charge is -2.05. The summed E-state index contributed by atoms with van der Waals surface area (Å²) in [5, 5.41) is 0.874. The third-order valence-corrected chi connectivity index (χ3v) is 3.84. The smallest absolute Gasteiger partial charge is 0.197 e. The molecule has 0 radical (unpaired) electrons. The fourth-order valence-corrected chi connectivity index (χ4v) is 2.68. The van der Waals surface area contributed by atoms with Crippen LogP contribution in [0.3, 0.4) is 0 Å². The molecule has 0 bridgehead atoms. The first-order valence-corrected chi connectivity index (χ1v) is 7.87. The number of hydrogen-bond donors (Lipinski definition) is 0. The Labute approximate surface area is 135 Å². The van der Waals surface area contributed by atoms with Crippen LogP contribution >= 0.6 is 0 Å². The molecule has 23 heavy (non-hydrogen) atoms. The number of furan rings is 1. The van der Waals surface area contributed by atoms with Crippen molar-refractivity contribution < 1.29 is 13.9 Å². The van der Waals surface area contributed by atoms with Crippen LogP contribution in [0.25, 0.3) is 11.0 Å². The summed E-state index contributed by atoms with van der Waals surface area (Å²) >= 11 is 0. The average Bonchev–Trinajstić information content (AvgIpc) is 2.88. The van der Waals surface area contributed by atoms with Crippen LogP contribution in [-0.4, -0.2) is 12.4 Å². The van der Waals surface area contributed by atoms with Crippen LogP contribution in [0.15, 0.2) is 46.9 Å². The summed E-state index contributed by atoms with van der Waals surface area (Å²) < 4.78 is 11.3. The number of benzene rings is 2. The van der Waals surface area contributed by atoms with Crippen molar-refractivity contribution in [1.29, 1.82) is 0 Å². The molecule has 0 aliphatic heterocycles. The minimum Gasteiger partial charge on any atom is -0.494 e. The molecule has 0 N–H and O–H groups in total. The standard InChI is InChI=1S/C20H20O3/c1-4-11-22-16-8-6-15(7-9-16)20(21)19-14(3)23-18-10-5-13(2)12-17(18)19/h5-10,12H,4,11H2,1-3H3. The number of rotatable bonds is 5. The van der Waals surface area contributed by atoms with E-state index in [1.165, 1.54) is 0 Å². The summed E-state index contributed by atoms with van der Waals surface area (Å²) in [4.78, 5) is 12.9. The van der Waals surface area contributed by atoms with E-state index in [2.05, 4.69) is 6.92 Å². The molecular formula is C20H20O3. The van der Waals surface area contributed by atoms with E-state index in [9.17, 15) is 4.79 Å². The van der Waals surface area contributed by atoms with Crippen molar-refractivity contribution in [2.45, 2.75) is 27.2 Å². The minimum atomic E-state index is -0.0195. The van der Waals surface area contributed by atoms with E-state index in [-0.39, 0.29) is 5.78 Å². The second kappa shape index (κ2) is 6.29. The van der Waals surface area contributed by atoms with Crippen molar-refractivity contribution in [2.24, 2.45) is 0 Å². The fraction of sp³-hybridized carbons (Fsp3) is 0.250. The van der Waals surface area contributed by atoms with Gasteiger partial charge in [0.15, 0.2) is 5.78 Å². The fourth-order valence-electron chi connectivity index (χ4n) is 2.68. The van der Waals surface area contributed by atoms with E-state index >= 15 is 0 Å². The normalized spacial score (nSPS) is 10.9. The number of aryl methyl sites for hydroxylation is 2. The highest BCUT2D eigenvalue weighted by Crippen LogP contribution is 2.29. The van der Waals surface area contributed by atoms with Crippen LogP contribution in [0.4, 0.5) is 0 Å². The summed E-state index contributed by atoms with van der Waals surface area (Å²) in [6, 6.07) is 13.2. The van der Waals surface area contributed by atoms with E-state index in [1.807, 2.05) is 44.2 Å². The molecule has 0 aliphatic rings. The first kappa shape index (κ1) is 15.3. The van der Waals surface area contributed by atoms with Crippen molar-refractivity contribution in [3.63, 3.8) is 0 Å². The predicted molar refractivity (Wildman–Crippen MR) is 91.3 cm³/mol. The molecule has 3 rings (SSSR count). The van der Waals surface area contributed by atoms with Gasteiger partial charge in [0.2, 0.25) is 0 Å². The van der Waals surface area contributed by atoms with Crippen LogP contribution < -0.4 is 4.74 Å². The average molecular weight is 308 g/mol. The number of ketones is 1. The molecular weight excluding hydrogens is 288 g/mol. The Bertz CT molecular complexity index is 841. The van der Waals surface area contributed by atoms with Crippen LogP contribution in [0.5, 0.6) is 5.75 Å². The minimum absolute atomic E-state index is 0.0195. The van der Waals surface area contributed by atoms with Gasteiger partial charge in [0.1, 0.15) is 17.1 Å². The van der Waals surface area contributed by atoms with E-state index in [0.717, 1.165) is 28.7 Å². The molecule has 1 aromatic heterocycles. The van der Waals surface area contributed by atoms with Crippen LogP contribution in [0.1, 0.15) is 40.6 Å². The van der Waals surface area contributed by atoms with Gasteiger partial charge < -0.3 is 9.15 Å². The van der Waals surface area contributed by atoms with Crippen LogP contribution in [-0.2, 0) is 0 Å². The zero-order chi connectivity index (χ0) is 16.4. The third kappa shape index (κ3) is 3.00. The van der Waals surface area contributed by atoms with Crippen molar-refractivity contribution in [3.05, 3.63) is 64.9 Å². The highest BCUT2D eigenvalue weighted by atomic mass is 16.5. The Hall–Kier alpha value is -2.55. The van der Waals surface area contributed by atoms with Crippen molar-refractivity contribution in [1.82, 2.24) is 0 Å². The Morgan fingerprint density at radius 1 is 1.09 bits per heavy atom. The van der Waals surface area contributed by atoms with E-state index in [1.54, 1.807) is 12.1 Å². The molecule has 0 spiro atoms. The zero-order valence-electron chi connectivity index (χ0n) is 13.7. The summed E-state index contributed by atoms with van der Waals surface area (Å²) in [6.45, 7) is 6.59. The summed E-state index contributed by atoms with van der Waals surface area (Å²) in [5.41, 5.74) is 3.14. The van der Waals surface area contributed by atoms with Crippen LogP contribution in [0, 0.1) is 13.8 Å². The molecule has 0 fully saturated rings. The maximum absolute atomic E-state index is 12.9. The summed E-state index contributed by atoms with van der Waals surface area (Å²) in [7, 11) is 0. The van der Waals surface area contributed by atoms with Gasteiger partial charge in [-0.25, -0.2) is 0 Å². The van der Waals surface area contributed by atoms with E-state index < -0.39 is 0 Å². The van der Waals surface area contributed by atoms with Gasteiger partial charge in [0.05, 0.1) is 12.2 Å². The lowest BCUT2D eigenvalue weighted by molar-refractivity contribution is 0.103. The molecule has 2 aromatic carbocycles. The van der Waals surface area contributed by atoms with Gasteiger partial charge in [-0.15, -0.1) is 0 Å². The number of fused-ring (bicyclic) bond motifs is 1. The quantitative estimate of drug-likeness (QED) is 0.618. The Kier molecular flexibility index (Phi) is 4.20. The van der Waals surface area contributed by atoms with E-state index in [0.29, 0.717) is 23.5 Å². The topological polar surface area (TPSA) is 39.4 Å². The molecule has 0 saturated heterocycles. The molecule has 118 valence electrons. The maximum Gasteiger partial charge on any atom is 0.197 e. The summed E-state index contributed by atoms with van der Waals surface area (Å²) in [5.74, 6) is 1.42. The number of ether oxygens (including phenoxy) is 1. The first-order chi connectivity index (χ1) is 11.1. The molecule has 0 amide bonds. The lowest BCUT2D eigenvalue weighted by atomic mass is 9.99. The number of carbonyl (C=O) groups is 1. The van der Waals surface area contributed by atoms with Crippen LogP contribution in [0.2, 0.25) is 0 Å². The largest absolute Gasteiger partial charge is 0.494 e. The highest BCUT2D eigenvalue weighted by Gasteiger charge is 2.19. The van der Waals surface area contributed by atoms with E-state index in [4.69, 9.17) is 9.15 Å². The van der Waals surface area contributed by atoms with Gasteiger partial charge in [-0.05, 0) is 56.7 Å². The van der Waals surface area contributed by atoms with Gasteiger partial charge in [-0.1, -0.05) is 18.6 Å². The van der Waals surface area contributed by atoms with Gasteiger partial charge in [-0.2, -0.15) is 0 Å². The Morgan fingerprint density at radius 3 is 2.52 bits per heavy atom. The molecule has 0 unspecified atom stereocenters. The third-order valence-electron chi connectivity index (χ3n) is 3.84. The van der Waals surface area contributed by atoms with Crippen molar-refractivity contribution in [2.75, 3.05) is 6.61 Å². The Balaban J connectivity index is 1.97. The van der Waals surface area contributed by atoms with Gasteiger partial charge in [-0.3, -0.25) is 4.79 Å². The monoisotopic (exact) mass is 308 g/mol. The molecule has 1 heterocycles. The molecule has 0 aliphatic carbocycles. The van der Waals surface area contributed by atoms with Crippen molar-refractivity contribution in [3.8, 4) is 5.75 Å².